The maximum atomic E-state index is 12.9. The van der Waals surface area contributed by atoms with Crippen LogP contribution in [0.1, 0.15) is 48.2 Å². The maximum absolute atomic E-state index is 12.9. The number of non-ortho nitro benzene ring substituents is 1. The molecule has 0 radical (unpaired) electrons. The van der Waals surface area contributed by atoms with Gasteiger partial charge in [0.2, 0.25) is 5.91 Å². The lowest BCUT2D eigenvalue weighted by Gasteiger charge is -2.22. The van der Waals surface area contributed by atoms with Crippen LogP contribution in [0.3, 0.4) is 0 Å². The molecular formula is C18H20F2N4O5. The average Bonchev–Trinajstić information content (AvgIpc) is 3.45. The predicted octanol–water partition coefficient (Wildman–Crippen LogP) is 1.82. The van der Waals surface area contributed by atoms with Gasteiger partial charge in [-0.3, -0.25) is 19.6 Å². The number of aliphatic hydroxyl groups excluding tert-OH is 2. The molecule has 1 amide bonds. The Kier molecular flexibility index (Phi) is 6.18. The zero-order valence-electron chi connectivity index (χ0n) is 15.2. The molecule has 1 fully saturated rings. The molecule has 0 spiro atoms. The van der Waals surface area contributed by atoms with Crippen LogP contribution < -0.4 is 5.32 Å². The highest BCUT2D eigenvalue weighted by atomic mass is 19.3. The summed E-state index contributed by atoms with van der Waals surface area (Å²) in [5, 5.41) is 36.9. The first-order chi connectivity index (χ1) is 13.8. The van der Waals surface area contributed by atoms with E-state index < -0.39 is 41.7 Å². The molecule has 156 valence electrons. The third kappa shape index (κ3) is 4.93. The monoisotopic (exact) mass is 410 g/mol. The Morgan fingerprint density at radius 3 is 2.52 bits per heavy atom. The molecule has 1 saturated carbocycles. The number of hydrogen-bond acceptors (Lipinski definition) is 6. The second-order valence-corrected chi connectivity index (χ2v) is 6.88. The molecule has 1 aromatic heterocycles. The molecule has 1 aromatic carbocycles. The number of nitro groups is 1. The number of aliphatic hydroxyl groups is 2. The van der Waals surface area contributed by atoms with Crippen LogP contribution in [0.25, 0.3) is 0 Å². The van der Waals surface area contributed by atoms with Gasteiger partial charge in [-0.05, 0) is 36.6 Å². The van der Waals surface area contributed by atoms with Crippen molar-refractivity contribution in [2.45, 2.75) is 43.9 Å². The Labute approximate surface area is 164 Å². The van der Waals surface area contributed by atoms with Gasteiger partial charge in [-0.1, -0.05) is 0 Å². The maximum Gasteiger partial charge on any atom is 0.282 e. The van der Waals surface area contributed by atoms with Gasteiger partial charge < -0.3 is 15.5 Å². The molecule has 29 heavy (non-hydrogen) atoms. The van der Waals surface area contributed by atoms with E-state index in [4.69, 9.17) is 0 Å². The van der Waals surface area contributed by atoms with Gasteiger partial charge in [0.15, 0.2) is 0 Å². The smallest absolute Gasteiger partial charge is 0.282 e. The predicted molar refractivity (Wildman–Crippen MR) is 96.2 cm³/mol. The molecule has 1 aliphatic carbocycles. The van der Waals surface area contributed by atoms with E-state index in [9.17, 15) is 33.9 Å². The number of benzene rings is 1. The third-order valence-electron chi connectivity index (χ3n) is 4.71. The number of amides is 1. The van der Waals surface area contributed by atoms with Gasteiger partial charge in [0.25, 0.3) is 12.1 Å². The molecule has 1 heterocycles. The summed E-state index contributed by atoms with van der Waals surface area (Å²) in [6.07, 6.45) is -2.38. The Balaban J connectivity index is 1.67. The fourth-order valence-electron chi connectivity index (χ4n) is 3.03. The van der Waals surface area contributed by atoms with Gasteiger partial charge in [-0.25, -0.2) is 8.78 Å². The molecule has 0 saturated heterocycles. The minimum Gasteiger partial charge on any atom is -0.394 e. The van der Waals surface area contributed by atoms with Crippen LogP contribution in [0.4, 0.5) is 14.5 Å². The number of halogens is 2. The number of nitrogens with zero attached hydrogens (tertiary/aromatic N) is 3. The van der Waals surface area contributed by atoms with Crippen LogP contribution in [-0.4, -0.2) is 43.5 Å². The summed E-state index contributed by atoms with van der Waals surface area (Å²) >= 11 is 0. The fourth-order valence-corrected chi connectivity index (χ4v) is 3.03. The van der Waals surface area contributed by atoms with Crippen LogP contribution in [0.2, 0.25) is 0 Å². The number of nitrogens with one attached hydrogen (secondary N) is 1. The van der Waals surface area contributed by atoms with E-state index in [0.29, 0.717) is 5.69 Å². The molecule has 2 unspecified atom stereocenters. The van der Waals surface area contributed by atoms with Crippen LogP contribution in [0.5, 0.6) is 0 Å². The number of nitro benzene ring substituents is 1. The summed E-state index contributed by atoms with van der Waals surface area (Å²) in [6, 6.07) is 5.26. The largest absolute Gasteiger partial charge is 0.394 e. The molecule has 9 nitrogen and oxygen atoms in total. The van der Waals surface area contributed by atoms with Crippen molar-refractivity contribution in [1.82, 2.24) is 15.1 Å². The molecule has 3 N–H and O–H groups in total. The number of alkyl halides is 2. The van der Waals surface area contributed by atoms with Crippen molar-refractivity contribution in [3.05, 3.63) is 57.4 Å². The van der Waals surface area contributed by atoms with E-state index in [1.165, 1.54) is 35.0 Å². The summed E-state index contributed by atoms with van der Waals surface area (Å²) in [7, 11) is 0. The summed E-state index contributed by atoms with van der Waals surface area (Å²) in [5.74, 6) is -0.516. The number of carbonyl (C=O) groups excluding carboxylic acids is 1. The topological polar surface area (TPSA) is 131 Å². The van der Waals surface area contributed by atoms with Gasteiger partial charge in [0.05, 0.1) is 17.6 Å². The Bertz CT molecular complexity index is 883. The normalized spacial score (nSPS) is 15.9. The highest BCUT2D eigenvalue weighted by molar-refractivity contribution is 5.76. The van der Waals surface area contributed by atoms with E-state index in [0.717, 1.165) is 12.8 Å². The van der Waals surface area contributed by atoms with Crippen molar-refractivity contribution in [2.24, 2.45) is 0 Å². The van der Waals surface area contributed by atoms with Crippen LogP contribution in [0, 0.1) is 10.1 Å². The summed E-state index contributed by atoms with van der Waals surface area (Å²) in [4.78, 5) is 22.5. The number of rotatable bonds is 9. The van der Waals surface area contributed by atoms with E-state index in [1.807, 2.05) is 0 Å². The second kappa shape index (κ2) is 8.62. The molecule has 2 atom stereocenters. The highest BCUT2D eigenvalue weighted by Gasteiger charge is 2.30. The van der Waals surface area contributed by atoms with Gasteiger partial charge in [-0.2, -0.15) is 5.10 Å². The molecule has 2 aromatic rings. The number of aromatic nitrogens is 2. The lowest BCUT2D eigenvalue weighted by molar-refractivity contribution is -0.384. The van der Waals surface area contributed by atoms with Gasteiger partial charge >= 0.3 is 0 Å². The summed E-state index contributed by atoms with van der Waals surface area (Å²) in [5.41, 5.74) is 0.274. The molecule has 0 bridgehead atoms. The molecule has 0 aliphatic heterocycles. The van der Waals surface area contributed by atoms with Crippen molar-refractivity contribution < 1.29 is 28.7 Å². The van der Waals surface area contributed by atoms with Gasteiger partial charge in [0.1, 0.15) is 18.3 Å². The lowest BCUT2D eigenvalue weighted by Crippen LogP contribution is -2.43. The van der Waals surface area contributed by atoms with Gasteiger partial charge in [-0.15, -0.1) is 0 Å². The third-order valence-corrected chi connectivity index (χ3v) is 4.71. The van der Waals surface area contributed by atoms with E-state index in [1.54, 1.807) is 0 Å². The fraction of sp³-hybridized carbons (Fsp3) is 0.444. The minimum atomic E-state index is -2.74. The van der Waals surface area contributed by atoms with Crippen LogP contribution in [0.15, 0.2) is 30.3 Å². The van der Waals surface area contributed by atoms with Crippen molar-refractivity contribution >= 4 is 11.6 Å². The molecule has 11 heteroatoms. The van der Waals surface area contributed by atoms with Crippen LogP contribution >= 0.6 is 0 Å². The lowest BCUT2D eigenvalue weighted by atomic mass is 10.0. The Morgan fingerprint density at radius 2 is 2.00 bits per heavy atom. The van der Waals surface area contributed by atoms with Crippen molar-refractivity contribution in [3.8, 4) is 0 Å². The molecular weight excluding hydrogens is 390 g/mol. The summed E-state index contributed by atoms with van der Waals surface area (Å²) in [6.45, 7) is -0.928. The first-order valence-corrected chi connectivity index (χ1v) is 8.98. The number of hydrogen-bond donors (Lipinski definition) is 3. The number of carbonyl (C=O) groups is 1. The van der Waals surface area contributed by atoms with E-state index in [-0.39, 0.29) is 23.7 Å². The minimum absolute atomic E-state index is 0.0992. The second-order valence-electron chi connectivity index (χ2n) is 6.88. The summed E-state index contributed by atoms with van der Waals surface area (Å²) < 4.78 is 27.1. The van der Waals surface area contributed by atoms with Crippen LogP contribution in [-0.2, 0) is 11.3 Å². The Hall–Kier alpha value is -2.92. The highest BCUT2D eigenvalue weighted by Crippen LogP contribution is 2.41. The van der Waals surface area contributed by atoms with Crippen molar-refractivity contribution in [2.75, 3.05) is 6.61 Å². The molecule has 1 aliphatic rings. The zero-order valence-corrected chi connectivity index (χ0v) is 15.2. The first kappa shape index (κ1) is 20.8. The van der Waals surface area contributed by atoms with Crippen molar-refractivity contribution in [3.63, 3.8) is 0 Å². The first-order valence-electron chi connectivity index (χ1n) is 8.98. The SMILES string of the molecule is O=C(Cn1nc(C(F)F)cc1C1CC1)NC(CO)C(O)c1ccc([N+](=O)[O-])cc1. The van der Waals surface area contributed by atoms with E-state index in [2.05, 4.69) is 10.4 Å². The van der Waals surface area contributed by atoms with Gasteiger partial charge in [0, 0.05) is 23.7 Å². The van der Waals surface area contributed by atoms with Crippen molar-refractivity contribution in [1.29, 1.82) is 0 Å². The average molecular weight is 410 g/mol. The zero-order chi connectivity index (χ0) is 21.1. The molecule has 3 rings (SSSR count). The quantitative estimate of drug-likeness (QED) is 0.427. The van der Waals surface area contributed by atoms with E-state index >= 15 is 0 Å². The Morgan fingerprint density at radius 1 is 1.34 bits per heavy atom. The standard InChI is InChI=1S/C18H20F2N4O5/c19-18(20)13-7-15(10-1-2-10)23(22-13)8-16(26)21-14(9-25)17(27)11-3-5-12(6-4-11)24(28)29/h3-7,10,14,17-18,25,27H,1-2,8-9H2,(H,21,26).